The molecule has 3 aromatic carbocycles. The zero-order chi connectivity index (χ0) is 19.7. The molecule has 1 N–H and O–H groups in total. The van der Waals surface area contributed by atoms with Gasteiger partial charge in [-0.1, -0.05) is 24.3 Å². The first-order valence-corrected chi connectivity index (χ1v) is 8.57. The molecule has 0 atom stereocenters. The molecule has 0 spiro atoms. The first kappa shape index (κ1) is 17.5. The minimum atomic E-state index is -0.430. The fourth-order valence-electron chi connectivity index (χ4n) is 3.22. The molecule has 0 radical (unpaired) electrons. The second-order valence-electron chi connectivity index (χ2n) is 6.13. The van der Waals surface area contributed by atoms with Gasteiger partial charge in [-0.2, -0.15) is 0 Å². The number of non-ortho nitro benzene ring substituents is 1. The molecule has 4 rings (SSSR count). The largest absolute Gasteiger partial charge is 0.495 e. The third kappa shape index (κ3) is 2.92. The van der Waals surface area contributed by atoms with Crippen molar-refractivity contribution in [3.05, 3.63) is 70.8 Å². The van der Waals surface area contributed by atoms with E-state index in [1.165, 1.54) is 12.1 Å². The Bertz CT molecular complexity index is 1210. The molecule has 0 aliphatic carbocycles. The number of hydrogen-bond donors (Lipinski definition) is 1. The molecule has 28 heavy (non-hydrogen) atoms. The maximum absolute atomic E-state index is 11.2. The van der Waals surface area contributed by atoms with E-state index in [2.05, 4.69) is 10.3 Å². The number of benzene rings is 3. The second kappa shape index (κ2) is 7.03. The summed E-state index contributed by atoms with van der Waals surface area (Å²) in [5.74, 6) is 1.28. The van der Waals surface area contributed by atoms with Crippen molar-refractivity contribution in [3.8, 4) is 11.5 Å². The highest BCUT2D eigenvalue weighted by Crippen LogP contribution is 2.39. The fraction of sp³-hybridized carbons (Fsp3) is 0.0952. The van der Waals surface area contributed by atoms with Gasteiger partial charge in [0.05, 0.1) is 36.0 Å². The average molecular weight is 375 g/mol. The number of anilines is 2. The van der Waals surface area contributed by atoms with Crippen LogP contribution in [-0.2, 0) is 0 Å². The van der Waals surface area contributed by atoms with Gasteiger partial charge in [-0.05, 0) is 24.3 Å². The predicted octanol–water partition coefficient (Wildman–Crippen LogP) is 5.06. The Hall–Kier alpha value is -3.87. The smallest absolute Gasteiger partial charge is 0.271 e. The Morgan fingerprint density at radius 3 is 2.43 bits per heavy atom. The van der Waals surface area contributed by atoms with Crippen molar-refractivity contribution in [1.82, 2.24) is 4.98 Å². The predicted molar refractivity (Wildman–Crippen MR) is 109 cm³/mol. The van der Waals surface area contributed by atoms with Gasteiger partial charge < -0.3 is 14.8 Å². The van der Waals surface area contributed by atoms with E-state index in [4.69, 9.17) is 9.47 Å². The molecule has 0 aliphatic rings. The molecule has 4 aromatic rings. The van der Waals surface area contributed by atoms with Crippen molar-refractivity contribution in [2.75, 3.05) is 19.5 Å². The standard InChI is InChI=1S/C21H17N3O4/c1-27-18-8-4-3-7-16(18)22-20-14-11-10-13(24(25)26)12-17(14)23-21-15(20)6-5-9-19(21)28-2/h3-12H,1-2H3,(H,22,23). The summed E-state index contributed by atoms with van der Waals surface area (Å²) in [7, 11) is 3.18. The summed E-state index contributed by atoms with van der Waals surface area (Å²) >= 11 is 0. The molecule has 1 heterocycles. The van der Waals surface area contributed by atoms with Gasteiger partial charge in [-0.15, -0.1) is 0 Å². The number of fused-ring (bicyclic) bond motifs is 2. The molecule has 140 valence electrons. The summed E-state index contributed by atoms with van der Waals surface area (Å²) in [6.07, 6.45) is 0. The van der Waals surface area contributed by atoms with E-state index < -0.39 is 4.92 Å². The Morgan fingerprint density at radius 1 is 0.929 bits per heavy atom. The van der Waals surface area contributed by atoms with Crippen molar-refractivity contribution < 1.29 is 14.4 Å². The number of ether oxygens (including phenoxy) is 2. The van der Waals surface area contributed by atoms with Crippen molar-refractivity contribution in [3.63, 3.8) is 0 Å². The van der Waals surface area contributed by atoms with Crippen LogP contribution in [0, 0.1) is 10.1 Å². The molecular formula is C21H17N3O4. The maximum atomic E-state index is 11.2. The quantitative estimate of drug-likeness (QED) is 0.298. The number of para-hydroxylation sites is 3. The highest BCUT2D eigenvalue weighted by Gasteiger charge is 2.16. The molecular weight excluding hydrogens is 358 g/mol. The Labute approximate surface area is 160 Å². The number of pyridine rings is 1. The zero-order valence-corrected chi connectivity index (χ0v) is 15.3. The fourth-order valence-corrected chi connectivity index (χ4v) is 3.22. The van der Waals surface area contributed by atoms with E-state index in [1.807, 2.05) is 42.5 Å². The monoisotopic (exact) mass is 375 g/mol. The molecule has 1 aromatic heterocycles. The number of hydrogen-bond acceptors (Lipinski definition) is 6. The van der Waals surface area contributed by atoms with Gasteiger partial charge >= 0.3 is 0 Å². The average Bonchev–Trinajstić information content (AvgIpc) is 2.73. The Kier molecular flexibility index (Phi) is 4.41. The van der Waals surface area contributed by atoms with Crippen LogP contribution < -0.4 is 14.8 Å². The molecule has 7 heteroatoms. The van der Waals surface area contributed by atoms with Gasteiger partial charge in [0.15, 0.2) is 0 Å². The molecule has 0 aliphatic heterocycles. The summed E-state index contributed by atoms with van der Waals surface area (Å²) in [5, 5.41) is 16.2. The minimum Gasteiger partial charge on any atom is -0.495 e. The summed E-state index contributed by atoms with van der Waals surface area (Å²) in [4.78, 5) is 15.4. The Morgan fingerprint density at radius 2 is 1.68 bits per heavy atom. The number of nitrogens with zero attached hydrogens (tertiary/aromatic N) is 2. The summed E-state index contributed by atoms with van der Waals surface area (Å²) in [6.45, 7) is 0. The zero-order valence-electron chi connectivity index (χ0n) is 15.3. The molecule has 0 bridgehead atoms. The SMILES string of the molecule is COc1ccccc1Nc1c2ccc([N+](=O)[O-])cc2nc2c(OC)cccc12. The van der Waals surface area contributed by atoms with Gasteiger partial charge in [-0.25, -0.2) is 4.98 Å². The summed E-state index contributed by atoms with van der Waals surface area (Å²) in [6, 6.07) is 17.8. The first-order chi connectivity index (χ1) is 13.6. The number of aromatic nitrogens is 1. The van der Waals surface area contributed by atoms with Crippen LogP contribution in [0.3, 0.4) is 0 Å². The van der Waals surface area contributed by atoms with E-state index in [9.17, 15) is 10.1 Å². The molecule has 0 saturated carbocycles. The van der Waals surface area contributed by atoms with Crippen LogP contribution in [-0.4, -0.2) is 24.1 Å². The number of methoxy groups -OCH3 is 2. The molecule has 0 unspecified atom stereocenters. The van der Waals surface area contributed by atoms with Crippen molar-refractivity contribution in [2.45, 2.75) is 0 Å². The van der Waals surface area contributed by atoms with E-state index in [0.717, 1.165) is 22.1 Å². The van der Waals surface area contributed by atoms with Crippen molar-refractivity contribution in [1.29, 1.82) is 0 Å². The highest BCUT2D eigenvalue weighted by atomic mass is 16.6. The van der Waals surface area contributed by atoms with Gasteiger partial charge in [0.25, 0.3) is 5.69 Å². The Balaban J connectivity index is 2.04. The van der Waals surface area contributed by atoms with Gasteiger partial charge in [0.1, 0.15) is 17.0 Å². The topological polar surface area (TPSA) is 86.5 Å². The van der Waals surface area contributed by atoms with Crippen molar-refractivity contribution in [2.24, 2.45) is 0 Å². The number of nitro groups is 1. The van der Waals surface area contributed by atoms with Gasteiger partial charge in [0.2, 0.25) is 0 Å². The molecule has 7 nitrogen and oxygen atoms in total. The lowest BCUT2D eigenvalue weighted by Gasteiger charge is -2.16. The number of nitrogens with one attached hydrogen (secondary N) is 1. The van der Waals surface area contributed by atoms with Crippen molar-refractivity contribution >= 4 is 38.9 Å². The third-order valence-electron chi connectivity index (χ3n) is 4.55. The van der Waals surface area contributed by atoms with E-state index in [1.54, 1.807) is 20.3 Å². The number of rotatable bonds is 5. The van der Waals surface area contributed by atoms with Crippen LogP contribution in [0.25, 0.3) is 21.8 Å². The van der Waals surface area contributed by atoms with Gasteiger partial charge in [-0.3, -0.25) is 10.1 Å². The molecule has 0 saturated heterocycles. The maximum Gasteiger partial charge on any atom is 0.271 e. The van der Waals surface area contributed by atoms with Gasteiger partial charge in [0, 0.05) is 22.9 Å². The number of nitro benzene ring substituents is 1. The van der Waals surface area contributed by atoms with Crippen LogP contribution in [0.2, 0.25) is 0 Å². The second-order valence-corrected chi connectivity index (χ2v) is 6.13. The van der Waals surface area contributed by atoms with Crippen LogP contribution in [0.1, 0.15) is 0 Å². The lowest BCUT2D eigenvalue weighted by molar-refractivity contribution is -0.384. The van der Waals surface area contributed by atoms with Crippen LogP contribution in [0.15, 0.2) is 60.7 Å². The van der Waals surface area contributed by atoms with Crippen LogP contribution in [0.5, 0.6) is 11.5 Å². The highest BCUT2D eigenvalue weighted by molar-refractivity contribution is 6.10. The first-order valence-electron chi connectivity index (χ1n) is 8.57. The lowest BCUT2D eigenvalue weighted by Crippen LogP contribution is -1.99. The van der Waals surface area contributed by atoms with E-state index >= 15 is 0 Å². The van der Waals surface area contributed by atoms with Crippen LogP contribution >= 0.6 is 0 Å². The normalized spacial score (nSPS) is 10.8. The lowest BCUT2D eigenvalue weighted by atomic mass is 10.1. The third-order valence-corrected chi connectivity index (χ3v) is 4.55. The van der Waals surface area contributed by atoms with E-state index in [-0.39, 0.29) is 5.69 Å². The summed E-state index contributed by atoms with van der Waals surface area (Å²) < 4.78 is 10.9. The summed E-state index contributed by atoms with van der Waals surface area (Å²) in [5.41, 5.74) is 2.66. The molecule has 0 fully saturated rings. The molecule has 0 amide bonds. The van der Waals surface area contributed by atoms with Crippen LogP contribution in [0.4, 0.5) is 17.1 Å². The minimum absolute atomic E-state index is 0.0162. The van der Waals surface area contributed by atoms with E-state index in [0.29, 0.717) is 22.5 Å².